The normalized spacial score (nSPS) is 10.6. The van der Waals surface area contributed by atoms with Crippen LogP contribution in [0.4, 0.5) is 0 Å². The van der Waals surface area contributed by atoms with Crippen molar-refractivity contribution in [1.82, 2.24) is 29.7 Å². The van der Waals surface area contributed by atoms with Gasteiger partial charge in [0.15, 0.2) is 0 Å². The average molecular weight is 303 g/mol. The van der Waals surface area contributed by atoms with Crippen LogP contribution in [0, 0.1) is 13.8 Å². The van der Waals surface area contributed by atoms with Crippen LogP contribution in [0.2, 0.25) is 5.28 Å². The van der Waals surface area contributed by atoms with E-state index in [1.165, 1.54) is 17.3 Å². The molecular formula is C13H11ClN6O. The predicted octanol–water partition coefficient (Wildman–Crippen LogP) is 2.51. The molecule has 0 aliphatic carbocycles. The molecule has 106 valence electrons. The molecule has 0 N–H and O–H groups in total. The lowest BCUT2D eigenvalue weighted by Gasteiger charge is -2.07. The van der Waals surface area contributed by atoms with Crippen LogP contribution in [-0.2, 0) is 0 Å². The number of halogens is 1. The van der Waals surface area contributed by atoms with Crippen LogP contribution in [0.5, 0.6) is 11.8 Å². The fourth-order valence-corrected chi connectivity index (χ4v) is 2.03. The Kier molecular flexibility index (Phi) is 3.49. The van der Waals surface area contributed by atoms with E-state index in [1.54, 1.807) is 0 Å². The fourth-order valence-electron chi connectivity index (χ4n) is 1.88. The maximum atomic E-state index is 5.89. The quantitative estimate of drug-likeness (QED) is 0.739. The summed E-state index contributed by atoms with van der Waals surface area (Å²) in [7, 11) is 0. The molecule has 0 fully saturated rings. The summed E-state index contributed by atoms with van der Waals surface area (Å²) in [4.78, 5) is 15.9. The molecule has 0 aliphatic heterocycles. The minimum Gasteiger partial charge on any atom is -0.424 e. The Hall–Kier alpha value is -2.54. The van der Waals surface area contributed by atoms with Crippen LogP contribution in [0.1, 0.15) is 11.1 Å². The van der Waals surface area contributed by atoms with Crippen molar-refractivity contribution in [2.75, 3.05) is 0 Å². The smallest absolute Gasteiger partial charge is 0.328 e. The largest absolute Gasteiger partial charge is 0.424 e. The third-order valence-corrected chi connectivity index (χ3v) is 2.77. The molecule has 0 aliphatic rings. The van der Waals surface area contributed by atoms with Crippen LogP contribution < -0.4 is 4.74 Å². The van der Waals surface area contributed by atoms with Crippen LogP contribution >= 0.6 is 11.6 Å². The summed E-state index contributed by atoms with van der Waals surface area (Å²) >= 11 is 5.89. The summed E-state index contributed by atoms with van der Waals surface area (Å²) in [5, 5.41) is 3.97. The Bertz CT molecular complexity index is 754. The van der Waals surface area contributed by atoms with E-state index in [0.29, 0.717) is 5.75 Å². The number of ether oxygens (including phenoxy) is 1. The second-order valence-electron chi connectivity index (χ2n) is 4.45. The molecule has 2 aromatic heterocycles. The van der Waals surface area contributed by atoms with Crippen molar-refractivity contribution >= 4 is 11.6 Å². The monoisotopic (exact) mass is 302 g/mol. The third-order valence-electron chi connectivity index (χ3n) is 2.60. The first-order chi connectivity index (χ1) is 10.1. The molecule has 0 saturated carbocycles. The standard InChI is InChI=1S/C13H11ClN6O/c1-8-3-9(2)5-10(4-8)21-13-18-11(14)17-12(19-13)20-7-15-6-16-20/h3-7H,1-2H3. The number of benzene rings is 1. The molecule has 0 spiro atoms. The summed E-state index contributed by atoms with van der Waals surface area (Å²) in [6.07, 6.45) is 2.84. The number of nitrogens with zero attached hydrogens (tertiary/aromatic N) is 6. The zero-order valence-electron chi connectivity index (χ0n) is 11.4. The van der Waals surface area contributed by atoms with Gasteiger partial charge >= 0.3 is 6.01 Å². The van der Waals surface area contributed by atoms with E-state index in [2.05, 4.69) is 25.0 Å². The molecule has 1 aromatic carbocycles. The first-order valence-electron chi connectivity index (χ1n) is 6.13. The van der Waals surface area contributed by atoms with Gasteiger partial charge in [0.1, 0.15) is 18.4 Å². The lowest BCUT2D eigenvalue weighted by atomic mass is 10.1. The van der Waals surface area contributed by atoms with Gasteiger partial charge in [-0.15, -0.1) is 0 Å². The minimum atomic E-state index is 0.0230. The van der Waals surface area contributed by atoms with Crippen molar-refractivity contribution in [1.29, 1.82) is 0 Å². The molecule has 0 atom stereocenters. The number of hydrogen-bond acceptors (Lipinski definition) is 6. The van der Waals surface area contributed by atoms with Crippen molar-refractivity contribution in [2.45, 2.75) is 13.8 Å². The van der Waals surface area contributed by atoms with E-state index < -0.39 is 0 Å². The SMILES string of the molecule is Cc1cc(C)cc(Oc2nc(Cl)nc(-n3cncn3)n2)c1. The summed E-state index contributed by atoms with van der Waals surface area (Å²) in [5.74, 6) is 0.881. The van der Waals surface area contributed by atoms with Gasteiger partial charge in [-0.2, -0.15) is 24.7 Å². The fraction of sp³-hybridized carbons (Fsp3) is 0.154. The van der Waals surface area contributed by atoms with Crippen molar-refractivity contribution in [3.8, 4) is 17.7 Å². The van der Waals surface area contributed by atoms with Gasteiger partial charge in [-0.3, -0.25) is 0 Å². The molecule has 0 radical (unpaired) electrons. The Labute approximate surface area is 125 Å². The van der Waals surface area contributed by atoms with Crippen molar-refractivity contribution in [3.63, 3.8) is 0 Å². The van der Waals surface area contributed by atoms with Crippen LogP contribution in [-0.4, -0.2) is 29.7 Å². The Morgan fingerprint density at radius 3 is 2.48 bits per heavy atom. The molecule has 3 aromatic rings. The summed E-state index contributed by atoms with van der Waals surface area (Å²) < 4.78 is 7.03. The lowest BCUT2D eigenvalue weighted by Crippen LogP contribution is -2.05. The highest BCUT2D eigenvalue weighted by Gasteiger charge is 2.10. The summed E-state index contributed by atoms with van der Waals surface area (Å²) in [6.45, 7) is 3.97. The highest BCUT2D eigenvalue weighted by Crippen LogP contribution is 2.22. The molecular weight excluding hydrogens is 292 g/mol. The topological polar surface area (TPSA) is 78.6 Å². The van der Waals surface area contributed by atoms with E-state index in [1.807, 2.05) is 32.0 Å². The molecule has 3 rings (SSSR count). The maximum Gasteiger partial charge on any atom is 0.328 e. The van der Waals surface area contributed by atoms with Crippen LogP contribution in [0.3, 0.4) is 0 Å². The van der Waals surface area contributed by atoms with E-state index in [9.17, 15) is 0 Å². The molecule has 2 heterocycles. The zero-order chi connectivity index (χ0) is 14.8. The number of aryl methyl sites for hydroxylation is 2. The molecule has 0 saturated heterocycles. The summed E-state index contributed by atoms with van der Waals surface area (Å²) in [5.41, 5.74) is 2.17. The second kappa shape index (κ2) is 5.45. The van der Waals surface area contributed by atoms with Crippen LogP contribution in [0.25, 0.3) is 5.95 Å². The zero-order valence-corrected chi connectivity index (χ0v) is 12.1. The predicted molar refractivity (Wildman–Crippen MR) is 75.7 cm³/mol. The molecule has 0 unspecified atom stereocenters. The molecule has 8 heteroatoms. The average Bonchev–Trinajstić information content (AvgIpc) is 2.90. The van der Waals surface area contributed by atoms with Gasteiger partial charge in [0.2, 0.25) is 5.28 Å². The minimum absolute atomic E-state index is 0.0230. The Morgan fingerprint density at radius 1 is 1.05 bits per heavy atom. The van der Waals surface area contributed by atoms with Crippen LogP contribution in [0.15, 0.2) is 30.9 Å². The van der Waals surface area contributed by atoms with Gasteiger partial charge < -0.3 is 4.74 Å². The van der Waals surface area contributed by atoms with Gasteiger partial charge in [-0.25, -0.2) is 4.98 Å². The first-order valence-corrected chi connectivity index (χ1v) is 6.51. The molecule has 0 amide bonds. The molecule has 0 bridgehead atoms. The molecule has 7 nitrogen and oxygen atoms in total. The number of rotatable bonds is 3. The van der Waals surface area contributed by atoms with Crippen molar-refractivity contribution in [3.05, 3.63) is 47.3 Å². The Morgan fingerprint density at radius 2 is 1.81 bits per heavy atom. The number of aromatic nitrogens is 6. The van der Waals surface area contributed by atoms with E-state index in [0.717, 1.165) is 11.1 Å². The highest BCUT2D eigenvalue weighted by molar-refractivity contribution is 6.28. The van der Waals surface area contributed by atoms with Crippen molar-refractivity contribution < 1.29 is 4.74 Å². The summed E-state index contributed by atoms with van der Waals surface area (Å²) in [6, 6.07) is 5.93. The third kappa shape index (κ3) is 3.14. The molecule has 21 heavy (non-hydrogen) atoms. The lowest BCUT2D eigenvalue weighted by molar-refractivity contribution is 0.436. The van der Waals surface area contributed by atoms with Gasteiger partial charge in [0.25, 0.3) is 5.95 Å². The van der Waals surface area contributed by atoms with Gasteiger partial charge in [-0.05, 0) is 48.7 Å². The highest BCUT2D eigenvalue weighted by atomic mass is 35.5. The van der Waals surface area contributed by atoms with Gasteiger partial charge in [0, 0.05) is 0 Å². The number of hydrogen-bond donors (Lipinski definition) is 0. The maximum absolute atomic E-state index is 5.89. The second-order valence-corrected chi connectivity index (χ2v) is 4.79. The van der Waals surface area contributed by atoms with Gasteiger partial charge in [0.05, 0.1) is 0 Å². The Balaban J connectivity index is 1.95. The van der Waals surface area contributed by atoms with E-state index >= 15 is 0 Å². The van der Waals surface area contributed by atoms with E-state index in [4.69, 9.17) is 16.3 Å². The van der Waals surface area contributed by atoms with Crippen molar-refractivity contribution in [2.24, 2.45) is 0 Å². The first kappa shape index (κ1) is 13.4. The van der Waals surface area contributed by atoms with E-state index in [-0.39, 0.29) is 17.2 Å². The van der Waals surface area contributed by atoms with Gasteiger partial charge in [-0.1, -0.05) is 6.07 Å².